The summed E-state index contributed by atoms with van der Waals surface area (Å²) < 4.78 is 31.3. The number of sulfonamides is 1. The van der Waals surface area contributed by atoms with Crippen LogP contribution >= 0.6 is 34.8 Å². The van der Waals surface area contributed by atoms with E-state index in [4.69, 9.17) is 39.5 Å². The third-order valence-corrected chi connectivity index (χ3v) is 9.02. The molecule has 0 spiro atoms. The SMILES string of the molecule is CC(Oc1ccc(Cl)cc1)C1CN(C(=O)N2CCN(S(C)(=O)=O)CC2)CC1c1ccc(Cl)c(Cl)c1. The van der Waals surface area contributed by atoms with E-state index >= 15 is 0 Å². The minimum Gasteiger partial charge on any atom is -0.490 e. The molecule has 190 valence electrons. The number of ether oxygens (including phenoxy) is 1. The van der Waals surface area contributed by atoms with Crippen molar-refractivity contribution in [3.05, 3.63) is 63.1 Å². The number of urea groups is 1. The number of carbonyl (C=O) groups is 1. The van der Waals surface area contributed by atoms with E-state index in [9.17, 15) is 13.2 Å². The molecule has 2 fully saturated rings. The van der Waals surface area contributed by atoms with Crippen LogP contribution in [-0.2, 0) is 10.0 Å². The third-order valence-electron chi connectivity index (χ3n) is 6.72. The molecule has 2 heterocycles. The minimum atomic E-state index is -3.27. The second kappa shape index (κ2) is 10.7. The Morgan fingerprint density at radius 2 is 1.60 bits per heavy atom. The van der Waals surface area contributed by atoms with Crippen molar-refractivity contribution in [2.24, 2.45) is 5.92 Å². The molecule has 0 radical (unpaired) electrons. The van der Waals surface area contributed by atoms with Crippen LogP contribution in [0.3, 0.4) is 0 Å². The zero-order valence-corrected chi connectivity index (χ0v) is 22.6. The van der Waals surface area contributed by atoms with Gasteiger partial charge in [0, 0.05) is 56.1 Å². The van der Waals surface area contributed by atoms with Crippen molar-refractivity contribution in [3.8, 4) is 5.75 Å². The molecule has 0 N–H and O–H groups in total. The van der Waals surface area contributed by atoms with Gasteiger partial charge in [0.1, 0.15) is 11.9 Å². The summed E-state index contributed by atoms with van der Waals surface area (Å²) in [5, 5.41) is 1.58. The lowest BCUT2D eigenvalue weighted by Crippen LogP contribution is -2.53. The highest BCUT2D eigenvalue weighted by molar-refractivity contribution is 7.88. The maximum atomic E-state index is 13.4. The van der Waals surface area contributed by atoms with E-state index in [1.165, 1.54) is 10.6 Å². The molecule has 2 amide bonds. The zero-order chi connectivity index (χ0) is 25.3. The summed E-state index contributed by atoms with van der Waals surface area (Å²) in [6, 6.07) is 12.7. The van der Waals surface area contributed by atoms with E-state index in [2.05, 4.69) is 0 Å². The fourth-order valence-corrected chi connectivity index (χ4v) is 6.04. The first-order valence-corrected chi connectivity index (χ1v) is 14.4. The van der Waals surface area contributed by atoms with Gasteiger partial charge in [0.25, 0.3) is 0 Å². The third kappa shape index (κ3) is 6.17. The van der Waals surface area contributed by atoms with Crippen LogP contribution in [0.2, 0.25) is 15.1 Å². The zero-order valence-electron chi connectivity index (χ0n) is 19.5. The summed E-state index contributed by atoms with van der Waals surface area (Å²) in [5.74, 6) is 0.703. The van der Waals surface area contributed by atoms with Gasteiger partial charge in [-0.25, -0.2) is 13.2 Å². The first-order valence-electron chi connectivity index (χ1n) is 11.4. The van der Waals surface area contributed by atoms with Gasteiger partial charge < -0.3 is 14.5 Å². The molecule has 2 aromatic rings. The summed E-state index contributed by atoms with van der Waals surface area (Å²) in [6.07, 6.45) is 0.995. The summed E-state index contributed by atoms with van der Waals surface area (Å²) >= 11 is 18.5. The van der Waals surface area contributed by atoms with Crippen LogP contribution in [0.4, 0.5) is 4.79 Å². The summed E-state index contributed by atoms with van der Waals surface area (Å²) in [7, 11) is -3.27. The first-order chi connectivity index (χ1) is 16.5. The van der Waals surface area contributed by atoms with E-state index in [1.807, 2.05) is 36.1 Å². The van der Waals surface area contributed by atoms with Crippen molar-refractivity contribution in [2.75, 3.05) is 45.5 Å². The summed E-state index contributed by atoms with van der Waals surface area (Å²) in [4.78, 5) is 17.0. The smallest absolute Gasteiger partial charge is 0.320 e. The number of benzene rings is 2. The molecule has 7 nitrogen and oxygen atoms in total. The average molecular weight is 561 g/mol. The molecule has 11 heteroatoms. The van der Waals surface area contributed by atoms with E-state index in [1.54, 1.807) is 23.1 Å². The van der Waals surface area contributed by atoms with Crippen LogP contribution in [0.15, 0.2) is 42.5 Å². The van der Waals surface area contributed by atoms with Crippen LogP contribution in [-0.4, -0.2) is 80.2 Å². The lowest BCUT2D eigenvalue weighted by Gasteiger charge is -2.35. The molecule has 2 aliphatic heterocycles. The topological polar surface area (TPSA) is 70.2 Å². The largest absolute Gasteiger partial charge is 0.490 e. The number of piperazine rings is 1. The molecule has 0 bridgehead atoms. The summed E-state index contributed by atoms with van der Waals surface area (Å²) in [6.45, 7) is 4.33. The van der Waals surface area contributed by atoms with Crippen LogP contribution in [0, 0.1) is 5.92 Å². The van der Waals surface area contributed by atoms with E-state index in [-0.39, 0.29) is 24.0 Å². The Morgan fingerprint density at radius 1 is 0.943 bits per heavy atom. The molecule has 2 saturated heterocycles. The van der Waals surface area contributed by atoms with Gasteiger partial charge in [0.15, 0.2) is 0 Å². The number of amides is 2. The predicted molar refractivity (Wildman–Crippen MR) is 139 cm³/mol. The predicted octanol–water partition coefficient (Wildman–Crippen LogP) is 4.83. The van der Waals surface area contributed by atoms with Crippen LogP contribution < -0.4 is 4.74 Å². The highest BCUT2D eigenvalue weighted by Gasteiger charge is 2.42. The van der Waals surface area contributed by atoms with Crippen molar-refractivity contribution in [2.45, 2.75) is 18.9 Å². The molecular formula is C24H28Cl3N3O4S. The van der Waals surface area contributed by atoms with Crippen molar-refractivity contribution >= 4 is 50.9 Å². The molecule has 3 atom stereocenters. The standard InChI is InChI=1S/C24H28Cl3N3O4S/c1-16(34-19-6-4-18(25)5-7-19)20-14-29(15-21(20)17-3-8-22(26)23(27)13-17)24(31)28-9-11-30(12-10-28)35(2,32)33/h3-8,13,16,20-21H,9-12,14-15H2,1-2H3. The number of hydrogen-bond acceptors (Lipinski definition) is 4. The number of hydrogen-bond donors (Lipinski definition) is 0. The molecule has 2 aromatic carbocycles. The first kappa shape index (κ1) is 26.4. The molecule has 0 aromatic heterocycles. The summed E-state index contributed by atoms with van der Waals surface area (Å²) in [5.41, 5.74) is 0.994. The minimum absolute atomic E-state index is 0.00387. The lowest BCUT2D eigenvalue weighted by atomic mass is 9.85. The Balaban J connectivity index is 1.52. The van der Waals surface area contributed by atoms with Gasteiger partial charge in [-0.3, -0.25) is 0 Å². The highest BCUT2D eigenvalue weighted by atomic mass is 35.5. The van der Waals surface area contributed by atoms with Crippen molar-refractivity contribution < 1.29 is 17.9 Å². The maximum Gasteiger partial charge on any atom is 0.320 e. The van der Waals surface area contributed by atoms with Gasteiger partial charge in [-0.2, -0.15) is 4.31 Å². The second-order valence-electron chi connectivity index (χ2n) is 9.06. The average Bonchev–Trinajstić information content (AvgIpc) is 3.27. The highest BCUT2D eigenvalue weighted by Crippen LogP contribution is 2.39. The Labute approximate surface area is 221 Å². The Bertz CT molecular complexity index is 1170. The van der Waals surface area contributed by atoms with Crippen LogP contribution in [0.5, 0.6) is 5.75 Å². The molecule has 0 saturated carbocycles. The second-order valence-corrected chi connectivity index (χ2v) is 12.3. The number of nitrogens with zero attached hydrogens (tertiary/aromatic N) is 3. The van der Waals surface area contributed by atoms with Gasteiger partial charge in [-0.05, 0) is 48.9 Å². The lowest BCUT2D eigenvalue weighted by molar-refractivity contribution is 0.129. The van der Waals surface area contributed by atoms with Crippen molar-refractivity contribution in [1.29, 1.82) is 0 Å². The Hall–Kier alpha value is -1.71. The Morgan fingerprint density at radius 3 is 2.20 bits per heavy atom. The van der Waals surface area contributed by atoms with Crippen molar-refractivity contribution in [3.63, 3.8) is 0 Å². The monoisotopic (exact) mass is 559 g/mol. The molecule has 4 rings (SSSR count). The van der Waals surface area contributed by atoms with E-state index < -0.39 is 10.0 Å². The van der Waals surface area contributed by atoms with Gasteiger partial charge in [0.05, 0.1) is 16.3 Å². The fourth-order valence-electron chi connectivity index (χ4n) is 4.78. The maximum absolute atomic E-state index is 13.4. The number of halogens is 3. The molecular weight excluding hydrogens is 533 g/mol. The molecule has 3 unspecified atom stereocenters. The quantitative estimate of drug-likeness (QED) is 0.525. The van der Waals surface area contributed by atoms with Crippen molar-refractivity contribution in [1.82, 2.24) is 14.1 Å². The Kier molecular flexibility index (Phi) is 8.08. The van der Waals surface area contributed by atoms with Gasteiger partial charge in [-0.1, -0.05) is 40.9 Å². The van der Waals surface area contributed by atoms with Gasteiger partial charge in [0.2, 0.25) is 10.0 Å². The number of likely N-dealkylation sites (tertiary alicyclic amines) is 1. The number of rotatable bonds is 5. The molecule has 0 aliphatic carbocycles. The van der Waals surface area contributed by atoms with E-state index in [0.29, 0.717) is 60.1 Å². The van der Waals surface area contributed by atoms with Gasteiger partial charge >= 0.3 is 6.03 Å². The van der Waals surface area contributed by atoms with E-state index in [0.717, 1.165) is 5.56 Å². The molecule has 35 heavy (non-hydrogen) atoms. The molecule has 2 aliphatic rings. The normalized spacial score (nSPS) is 22.3. The van der Waals surface area contributed by atoms with Crippen LogP contribution in [0.25, 0.3) is 0 Å². The van der Waals surface area contributed by atoms with Gasteiger partial charge in [-0.15, -0.1) is 0 Å². The number of carbonyl (C=O) groups excluding carboxylic acids is 1. The van der Waals surface area contributed by atoms with Crippen LogP contribution in [0.1, 0.15) is 18.4 Å². The fraction of sp³-hybridized carbons (Fsp3) is 0.458.